The van der Waals surface area contributed by atoms with Gasteiger partial charge in [-0.05, 0) is 12.1 Å². The van der Waals surface area contributed by atoms with Crippen molar-refractivity contribution in [1.82, 2.24) is 5.32 Å². The Morgan fingerprint density at radius 2 is 1.82 bits per heavy atom. The lowest BCUT2D eigenvalue weighted by Crippen LogP contribution is -2.14. The molecule has 0 spiro atoms. The summed E-state index contributed by atoms with van der Waals surface area (Å²) in [5.74, 6) is -0.288. The van der Waals surface area contributed by atoms with Gasteiger partial charge in [0.05, 0.1) is 17.6 Å². The second-order valence-corrected chi connectivity index (χ2v) is 2.20. The number of hydrogen-bond donors (Lipinski definition) is 0. The zero-order valence-corrected chi connectivity index (χ0v) is 5.69. The Morgan fingerprint density at radius 3 is 2.64 bits per heavy atom. The van der Waals surface area contributed by atoms with Gasteiger partial charge in [0.25, 0.3) is 5.91 Å². The molecule has 1 amide bonds. The number of para-hydroxylation sites is 2. The van der Waals surface area contributed by atoms with Crippen molar-refractivity contribution in [3.8, 4) is 0 Å². The molecule has 3 heteroatoms. The first-order chi connectivity index (χ1) is 5.36. The highest BCUT2D eigenvalue weighted by Gasteiger charge is 2.10. The van der Waals surface area contributed by atoms with E-state index in [9.17, 15) is 4.79 Å². The summed E-state index contributed by atoms with van der Waals surface area (Å²) in [5.41, 5.74) is 1.41. The number of carbonyl (C=O) groups excluding carboxylic acids is 1. The summed E-state index contributed by atoms with van der Waals surface area (Å²) in [7, 11) is 0. The van der Waals surface area contributed by atoms with Gasteiger partial charge in [-0.2, -0.15) is 0 Å². The molecule has 0 aliphatic carbocycles. The predicted octanol–water partition coefficient (Wildman–Crippen LogP) is 1.16. The Balaban J connectivity index is 2.54. The van der Waals surface area contributed by atoms with Gasteiger partial charge in [-0.25, -0.2) is 10.3 Å². The van der Waals surface area contributed by atoms with Gasteiger partial charge >= 0.3 is 0 Å². The smallest absolute Gasteiger partial charge is 0.266 e. The lowest BCUT2D eigenvalue weighted by molar-refractivity contribution is -0.113. The molecule has 1 aromatic rings. The molecule has 0 N–H and O–H groups in total. The van der Waals surface area contributed by atoms with Crippen molar-refractivity contribution in [2.75, 3.05) is 0 Å². The van der Waals surface area contributed by atoms with Crippen molar-refractivity contribution < 1.29 is 4.79 Å². The van der Waals surface area contributed by atoms with Crippen LogP contribution >= 0.6 is 0 Å². The van der Waals surface area contributed by atoms with Crippen molar-refractivity contribution in [1.29, 1.82) is 0 Å². The van der Waals surface area contributed by atoms with E-state index in [-0.39, 0.29) is 5.91 Å². The van der Waals surface area contributed by atoms with E-state index in [4.69, 9.17) is 0 Å². The highest BCUT2D eigenvalue weighted by atomic mass is 16.1. The van der Waals surface area contributed by atoms with Crippen LogP contribution in [0, 0.1) is 0 Å². The van der Waals surface area contributed by atoms with Gasteiger partial charge < -0.3 is 0 Å². The molecule has 0 aromatic heterocycles. The minimum absolute atomic E-state index is 0.288. The summed E-state index contributed by atoms with van der Waals surface area (Å²) >= 11 is 0. The van der Waals surface area contributed by atoms with Crippen LogP contribution in [-0.2, 0) is 4.79 Å². The first-order valence-electron chi connectivity index (χ1n) is 3.25. The fourth-order valence-electron chi connectivity index (χ4n) is 0.940. The van der Waals surface area contributed by atoms with Gasteiger partial charge in [-0.1, -0.05) is 12.1 Å². The van der Waals surface area contributed by atoms with E-state index in [2.05, 4.69) is 10.3 Å². The number of amides is 1. The zero-order valence-electron chi connectivity index (χ0n) is 5.69. The van der Waals surface area contributed by atoms with E-state index in [1.54, 1.807) is 6.07 Å². The molecule has 0 saturated carbocycles. The topological polar surface area (TPSA) is 43.5 Å². The van der Waals surface area contributed by atoms with Gasteiger partial charge in [0.2, 0.25) is 0 Å². The van der Waals surface area contributed by atoms with Crippen molar-refractivity contribution in [2.45, 2.75) is 0 Å². The molecule has 1 radical (unpaired) electrons. The lowest BCUT2D eigenvalue weighted by atomic mass is 10.2. The summed E-state index contributed by atoms with van der Waals surface area (Å²) in [6.07, 6.45) is 1.22. The number of nitrogens with zero attached hydrogens (tertiary/aromatic N) is 2. The molecule has 0 fully saturated rings. The Bertz CT molecular complexity index is 331. The Morgan fingerprint density at radius 1 is 1.09 bits per heavy atom. The molecule has 1 aliphatic heterocycles. The van der Waals surface area contributed by atoms with Gasteiger partial charge in [0, 0.05) is 0 Å². The standard InChI is InChI=1S/C8H5N2O/c11-8-5-9-6-3-1-2-4-7(6)10-8/h1-5H. The molecule has 1 heterocycles. The molecular weight excluding hydrogens is 140 g/mol. The van der Waals surface area contributed by atoms with E-state index in [0.717, 1.165) is 5.69 Å². The Hall–Kier alpha value is -1.64. The number of aliphatic imine (C=N–C) groups is 1. The molecule has 3 nitrogen and oxygen atoms in total. The lowest BCUT2D eigenvalue weighted by Gasteiger charge is -2.06. The third-order valence-electron chi connectivity index (χ3n) is 1.43. The first-order valence-corrected chi connectivity index (χ1v) is 3.25. The average Bonchev–Trinajstić information content (AvgIpc) is 2.04. The van der Waals surface area contributed by atoms with Crippen LogP contribution in [0.3, 0.4) is 0 Å². The van der Waals surface area contributed by atoms with Gasteiger partial charge in [0.15, 0.2) is 0 Å². The summed E-state index contributed by atoms with van der Waals surface area (Å²) in [5, 5.41) is 3.76. The summed E-state index contributed by atoms with van der Waals surface area (Å²) in [4.78, 5) is 14.6. The monoisotopic (exact) mass is 145 g/mol. The third-order valence-corrected chi connectivity index (χ3v) is 1.43. The van der Waals surface area contributed by atoms with Gasteiger partial charge in [-0.3, -0.25) is 4.79 Å². The van der Waals surface area contributed by atoms with Crippen molar-refractivity contribution in [3.63, 3.8) is 0 Å². The van der Waals surface area contributed by atoms with Crippen molar-refractivity contribution >= 4 is 23.5 Å². The molecule has 1 aromatic carbocycles. The molecule has 0 unspecified atom stereocenters. The normalized spacial score (nSPS) is 14.0. The van der Waals surface area contributed by atoms with Crippen LogP contribution in [-0.4, -0.2) is 12.1 Å². The summed E-state index contributed by atoms with van der Waals surface area (Å²) < 4.78 is 0. The molecular formula is C8H5N2O. The largest absolute Gasteiger partial charge is 0.288 e. The van der Waals surface area contributed by atoms with E-state index >= 15 is 0 Å². The maximum atomic E-state index is 10.7. The van der Waals surface area contributed by atoms with E-state index < -0.39 is 0 Å². The molecule has 11 heavy (non-hydrogen) atoms. The molecule has 0 atom stereocenters. The van der Waals surface area contributed by atoms with Crippen LogP contribution in [0.5, 0.6) is 0 Å². The SMILES string of the molecule is O=C1C=Nc2ccccc2[N]1. The fraction of sp³-hybridized carbons (Fsp3) is 0. The highest BCUT2D eigenvalue weighted by Crippen LogP contribution is 2.25. The second kappa shape index (κ2) is 2.20. The molecule has 53 valence electrons. The van der Waals surface area contributed by atoms with Crippen LogP contribution < -0.4 is 5.32 Å². The highest BCUT2D eigenvalue weighted by molar-refractivity contribution is 6.29. The zero-order chi connectivity index (χ0) is 7.68. The van der Waals surface area contributed by atoms with Crippen LogP contribution in [0.15, 0.2) is 29.3 Å². The van der Waals surface area contributed by atoms with Gasteiger partial charge in [-0.15, -0.1) is 0 Å². The second-order valence-electron chi connectivity index (χ2n) is 2.20. The van der Waals surface area contributed by atoms with E-state index in [0.29, 0.717) is 5.69 Å². The number of fused-ring (bicyclic) bond motifs is 1. The minimum atomic E-state index is -0.288. The van der Waals surface area contributed by atoms with E-state index in [1.807, 2.05) is 18.2 Å². The van der Waals surface area contributed by atoms with Gasteiger partial charge in [0.1, 0.15) is 0 Å². The Kier molecular flexibility index (Phi) is 1.22. The summed E-state index contributed by atoms with van der Waals surface area (Å²) in [6, 6.07) is 7.28. The van der Waals surface area contributed by atoms with Crippen LogP contribution in [0.1, 0.15) is 0 Å². The molecule has 0 saturated heterocycles. The first kappa shape index (κ1) is 6.09. The molecule has 0 bridgehead atoms. The number of benzene rings is 1. The quantitative estimate of drug-likeness (QED) is 0.540. The van der Waals surface area contributed by atoms with Crippen molar-refractivity contribution in [3.05, 3.63) is 24.3 Å². The summed E-state index contributed by atoms with van der Waals surface area (Å²) in [6.45, 7) is 0. The third kappa shape index (κ3) is 1.00. The Labute approximate surface area is 63.8 Å². The van der Waals surface area contributed by atoms with Crippen LogP contribution in [0.2, 0.25) is 0 Å². The maximum Gasteiger partial charge on any atom is 0.288 e. The predicted molar refractivity (Wildman–Crippen MR) is 41.4 cm³/mol. The number of rotatable bonds is 0. The molecule has 2 rings (SSSR count). The van der Waals surface area contributed by atoms with Crippen molar-refractivity contribution in [2.24, 2.45) is 4.99 Å². The molecule has 1 aliphatic rings. The maximum absolute atomic E-state index is 10.7. The van der Waals surface area contributed by atoms with Crippen LogP contribution in [0.4, 0.5) is 11.4 Å². The average molecular weight is 145 g/mol. The fourth-order valence-corrected chi connectivity index (χ4v) is 0.940. The van der Waals surface area contributed by atoms with Crippen LogP contribution in [0.25, 0.3) is 0 Å². The van der Waals surface area contributed by atoms with E-state index in [1.165, 1.54) is 6.21 Å². The number of carbonyl (C=O) groups is 1. The minimum Gasteiger partial charge on any atom is -0.266 e. The number of hydrogen-bond acceptors (Lipinski definition) is 2.